The van der Waals surface area contributed by atoms with E-state index in [-0.39, 0.29) is 54.3 Å². The molecular weight excluding hydrogens is 895 g/mol. The molecule has 0 aliphatic heterocycles. The van der Waals surface area contributed by atoms with Gasteiger partial charge in [-0.05, 0) is 96.4 Å². The van der Waals surface area contributed by atoms with E-state index in [2.05, 4.69) is 137 Å². The summed E-state index contributed by atoms with van der Waals surface area (Å²) in [5, 5.41) is 13.5. The Labute approximate surface area is 363 Å². The zero-order valence-corrected chi connectivity index (χ0v) is 40.8. The Morgan fingerprint density at radius 3 is 1.91 bits per heavy atom. The van der Waals surface area contributed by atoms with E-state index in [0.29, 0.717) is 17.8 Å². The number of ketones is 1. The van der Waals surface area contributed by atoms with Crippen LogP contribution in [0.5, 0.6) is 0 Å². The third kappa shape index (κ3) is 10.0. The van der Waals surface area contributed by atoms with Crippen molar-refractivity contribution in [2.45, 2.75) is 140 Å². The molecule has 5 heteroatoms. The summed E-state index contributed by atoms with van der Waals surface area (Å²) in [6.45, 7) is 33.9. The third-order valence-electron chi connectivity index (χ3n) is 12.6. The number of hydrogen-bond donors (Lipinski definition) is 1. The minimum Gasteiger partial charge on any atom is -0.512 e. The van der Waals surface area contributed by atoms with Crippen LogP contribution in [0.2, 0.25) is 0 Å². The van der Waals surface area contributed by atoms with Crippen LogP contribution in [0.4, 0.5) is 0 Å². The average Bonchev–Trinajstić information content (AvgIpc) is 3.47. The molecule has 3 nitrogen and oxygen atoms in total. The monoisotopic (exact) mass is 965 g/mol. The van der Waals surface area contributed by atoms with Crippen molar-refractivity contribution in [2.24, 2.45) is 29.6 Å². The molecule has 5 aromatic rings. The smallest absolute Gasteiger partial charge is 0.162 e. The molecule has 0 unspecified atom stereocenters. The van der Waals surface area contributed by atoms with Crippen molar-refractivity contribution in [2.75, 3.05) is 0 Å². The molecule has 0 bridgehead atoms. The molecular formula is C52H70IrNO2S-. The van der Waals surface area contributed by atoms with Crippen molar-refractivity contribution in [1.82, 2.24) is 4.98 Å². The summed E-state index contributed by atoms with van der Waals surface area (Å²) in [6, 6.07) is 24.1. The van der Waals surface area contributed by atoms with Gasteiger partial charge in [0.25, 0.3) is 0 Å². The van der Waals surface area contributed by atoms with E-state index in [4.69, 9.17) is 4.98 Å². The summed E-state index contributed by atoms with van der Waals surface area (Å²) in [6.07, 6.45) is 6.88. The Morgan fingerprint density at radius 2 is 1.39 bits per heavy atom. The first-order valence-corrected chi connectivity index (χ1v) is 22.1. The SMILES string of the molecule is CCC(CC)C(=O)/C=C(\O)C(CC)CC.Cc1cc(C(C(C)C)(C(C)C)C(C)C)ccc1-c1sc2c(-c3[c-]c4ccccc4c(C(C)(C)C)c3)nccc2c1C.[Ir]. The second-order valence-electron chi connectivity index (χ2n) is 17.9. The number of benzene rings is 3. The number of allylic oxidation sites excluding steroid dienone is 2. The maximum Gasteiger partial charge on any atom is 0.162 e. The molecule has 2 aromatic heterocycles. The van der Waals surface area contributed by atoms with Gasteiger partial charge in [0.15, 0.2) is 5.78 Å². The van der Waals surface area contributed by atoms with E-state index in [1.54, 1.807) is 0 Å². The number of fused-ring (bicyclic) bond motifs is 2. The summed E-state index contributed by atoms with van der Waals surface area (Å²) in [7, 11) is 0. The topological polar surface area (TPSA) is 50.2 Å². The van der Waals surface area contributed by atoms with Gasteiger partial charge in [-0.3, -0.25) is 9.78 Å². The van der Waals surface area contributed by atoms with Crippen molar-refractivity contribution in [3.05, 3.63) is 101 Å². The third-order valence-corrected chi connectivity index (χ3v) is 14.0. The molecule has 57 heavy (non-hydrogen) atoms. The van der Waals surface area contributed by atoms with E-state index < -0.39 is 0 Å². The molecule has 311 valence electrons. The molecule has 5 rings (SSSR count). The van der Waals surface area contributed by atoms with Crippen LogP contribution in [0.3, 0.4) is 0 Å². The second-order valence-corrected chi connectivity index (χ2v) is 18.9. The normalized spacial score (nSPS) is 12.6. The number of aromatic nitrogens is 1. The van der Waals surface area contributed by atoms with Crippen LogP contribution in [0.1, 0.15) is 138 Å². The van der Waals surface area contributed by atoms with Gasteiger partial charge in [-0.1, -0.05) is 137 Å². The molecule has 0 spiro atoms. The molecule has 0 amide bonds. The summed E-state index contributed by atoms with van der Waals surface area (Å²) in [5.41, 5.74) is 9.11. The fourth-order valence-electron chi connectivity index (χ4n) is 9.54. The molecule has 3 aromatic carbocycles. The minimum atomic E-state index is 0. The minimum absolute atomic E-state index is 0. The molecule has 1 radical (unpaired) electrons. The van der Waals surface area contributed by atoms with Gasteiger partial charge in [-0.25, -0.2) is 0 Å². The van der Waals surface area contributed by atoms with E-state index in [1.165, 1.54) is 54.2 Å². The predicted octanol–water partition coefficient (Wildman–Crippen LogP) is 15.6. The zero-order valence-electron chi connectivity index (χ0n) is 37.6. The molecule has 0 saturated heterocycles. The van der Waals surface area contributed by atoms with Crippen molar-refractivity contribution in [3.8, 4) is 21.7 Å². The number of hydrogen-bond acceptors (Lipinski definition) is 4. The van der Waals surface area contributed by atoms with Gasteiger partial charge < -0.3 is 5.11 Å². The van der Waals surface area contributed by atoms with E-state index in [9.17, 15) is 9.90 Å². The van der Waals surface area contributed by atoms with Crippen LogP contribution >= 0.6 is 11.3 Å². The summed E-state index contributed by atoms with van der Waals surface area (Å²) in [5.74, 6) is 2.22. The van der Waals surface area contributed by atoms with Crippen molar-refractivity contribution in [3.63, 3.8) is 0 Å². The standard InChI is InChI=1S/C39H46NS.C13H24O2.Ir/c1-23(2)39(24(3)4,25(5)6)30-16-17-31(26(7)20-30)36-27(8)32-18-19-40-35(37(32)41-36)29-21-28-14-12-13-15-33(28)34(22-29)38(9,10)11;1-5-10(6-2)12(14)9-13(15)11(7-3)8-4;/h12-20,22-25H,1-11H3;9-11,14H,5-8H2,1-4H3;/q-1;;/b;12-9-;. The Morgan fingerprint density at radius 1 is 0.807 bits per heavy atom. The molecule has 0 atom stereocenters. The average molecular weight is 965 g/mol. The number of pyridine rings is 1. The Hall–Kier alpha value is -3.11. The fourth-order valence-corrected chi connectivity index (χ4v) is 10.9. The fraction of sp³-hybridized carbons (Fsp3) is 0.500. The number of aliphatic hydroxyl groups excluding tert-OH is 1. The van der Waals surface area contributed by atoms with Crippen LogP contribution in [0.25, 0.3) is 42.6 Å². The van der Waals surface area contributed by atoms with E-state index >= 15 is 0 Å². The maximum absolute atomic E-state index is 11.7. The number of aryl methyl sites for hydroxylation is 2. The van der Waals surface area contributed by atoms with Crippen LogP contribution in [0.15, 0.2) is 72.6 Å². The van der Waals surface area contributed by atoms with E-state index in [1.807, 2.05) is 45.2 Å². The number of rotatable bonds is 13. The number of carbonyl (C=O) groups is 1. The van der Waals surface area contributed by atoms with E-state index in [0.717, 1.165) is 42.3 Å². The molecule has 0 saturated carbocycles. The molecule has 2 heterocycles. The van der Waals surface area contributed by atoms with Gasteiger partial charge in [-0.2, -0.15) is 0 Å². The largest absolute Gasteiger partial charge is 0.512 e. The van der Waals surface area contributed by atoms with Gasteiger partial charge in [0.05, 0.1) is 5.76 Å². The zero-order chi connectivity index (χ0) is 41.7. The second kappa shape index (κ2) is 20.2. The van der Waals surface area contributed by atoms with Crippen molar-refractivity contribution >= 4 is 38.0 Å². The van der Waals surface area contributed by atoms with Gasteiger partial charge >= 0.3 is 0 Å². The van der Waals surface area contributed by atoms with Gasteiger partial charge in [-0.15, -0.1) is 40.5 Å². The van der Waals surface area contributed by atoms with Crippen LogP contribution in [0, 0.1) is 49.5 Å². The first-order valence-electron chi connectivity index (χ1n) is 21.3. The predicted molar refractivity (Wildman–Crippen MR) is 245 cm³/mol. The van der Waals surface area contributed by atoms with Crippen molar-refractivity contribution < 1.29 is 30.0 Å². The van der Waals surface area contributed by atoms with Gasteiger partial charge in [0, 0.05) is 64.9 Å². The summed E-state index contributed by atoms with van der Waals surface area (Å²) >= 11 is 1.88. The first kappa shape index (κ1) is 48.3. The maximum atomic E-state index is 11.7. The quantitative estimate of drug-likeness (QED) is 0.0727. The first-order chi connectivity index (χ1) is 26.4. The number of carbonyl (C=O) groups excluding carboxylic acids is 1. The number of thiophene rings is 1. The Bertz CT molecular complexity index is 2120. The van der Waals surface area contributed by atoms with Gasteiger partial charge in [0.1, 0.15) is 0 Å². The van der Waals surface area contributed by atoms with Crippen molar-refractivity contribution in [1.29, 1.82) is 0 Å². The number of aliphatic hydroxyl groups is 1. The van der Waals surface area contributed by atoms with Crippen LogP contribution in [-0.4, -0.2) is 15.9 Å². The summed E-state index contributed by atoms with van der Waals surface area (Å²) < 4.78 is 1.25. The number of nitrogens with zero attached hydrogens (tertiary/aromatic N) is 1. The Balaban J connectivity index is 0.000000464. The van der Waals surface area contributed by atoms with Crippen LogP contribution in [-0.2, 0) is 35.7 Å². The van der Waals surface area contributed by atoms with Gasteiger partial charge in [0.2, 0.25) is 0 Å². The molecule has 0 aliphatic carbocycles. The van der Waals surface area contributed by atoms with Crippen LogP contribution < -0.4 is 0 Å². The molecule has 1 N–H and O–H groups in total. The Kier molecular flexibility index (Phi) is 17.1. The molecule has 0 aliphatic rings. The summed E-state index contributed by atoms with van der Waals surface area (Å²) in [4.78, 5) is 18.0. The molecule has 0 fully saturated rings.